The predicted molar refractivity (Wildman–Crippen MR) is 197 cm³/mol. The van der Waals surface area contributed by atoms with Crippen molar-refractivity contribution >= 4 is 73.7 Å². The Kier molecular flexibility index (Phi) is 5.90. The van der Waals surface area contributed by atoms with Crippen LogP contribution in [0.2, 0.25) is 0 Å². The van der Waals surface area contributed by atoms with Crippen molar-refractivity contribution in [2.75, 3.05) is 4.90 Å². The zero-order valence-corrected chi connectivity index (χ0v) is 26.2. The second-order valence-corrected chi connectivity index (χ2v) is 13.2. The van der Waals surface area contributed by atoms with Gasteiger partial charge in [0, 0.05) is 38.0 Å². The Hall–Kier alpha value is -5.65. The lowest BCUT2D eigenvalue weighted by atomic mass is 9.36. The van der Waals surface area contributed by atoms with Crippen molar-refractivity contribution in [3.05, 3.63) is 164 Å². The topological polar surface area (TPSA) is 17.4 Å². The number of hydrogen-bond donors (Lipinski definition) is 0. The fraction of sp³-hybridized carbons (Fsp3) is 0. The average molecular weight is 619 g/mol. The van der Waals surface area contributed by atoms with Crippen LogP contribution < -0.4 is 26.0 Å². The lowest BCUT2D eigenvalue weighted by Crippen LogP contribution is -2.54. The quantitative estimate of drug-likeness (QED) is 0.184. The normalized spacial score (nSPS) is 13.1. The zero-order valence-electron chi connectivity index (χ0n) is 25.4. The monoisotopic (exact) mass is 618 g/mol. The number of fused-ring (bicyclic) bond motifs is 8. The van der Waals surface area contributed by atoms with Crippen molar-refractivity contribution in [1.29, 1.82) is 0 Å². The van der Waals surface area contributed by atoms with Crippen molar-refractivity contribution in [3.63, 3.8) is 0 Å². The molecule has 1 aromatic heterocycles. The van der Waals surface area contributed by atoms with Crippen LogP contribution in [0.3, 0.4) is 0 Å². The highest BCUT2D eigenvalue weighted by molar-refractivity contribution is 7.99. The number of para-hydroxylation sites is 4. The van der Waals surface area contributed by atoms with Crippen LogP contribution in [0.5, 0.6) is 11.5 Å². The maximum Gasteiger partial charge on any atom is 0.250 e. The van der Waals surface area contributed by atoms with Crippen molar-refractivity contribution in [3.8, 4) is 17.2 Å². The lowest BCUT2D eigenvalue weighted by molar-refractivity contribution is 0.487. The van der Waals surface area contributed by atoms with E-state index in [1.54, 1.807) is 0 Å². The largest absolute Gasteiger partial charge is 0.458 e. The van der Waals surface area contributed by atoms with Gasteiger partial charge in [0.2, 0.25) is 0 Å². The number of anilines is 3. The van der Waals surface area contributed by atoms with Gasteiger partial charge in [-0.3, -0.25) is 0 Å². The third-order valence-corrected chi connectivity index (χ3v) is 10.6. The molecule has 7 aromatic carbocycles. The van der Waals surface area contributed by atoms with Gasteiger partial charge in [0.1, 0.15) is 11.5 Å². The molecule has 8 aromatic rings. The van der Waals surface area contributed by atoms with Crippen LogP contribution in [0.4, 0.5) is 17.1 Å². The van der Waals surface area contributed by atoms with Crippen LogP contribution in [0, 0.1) is 0 Å². The van der Waals surface area contributed by atoms with Gasteiger partial charge in [-0.15, -0.1) is 0 Å². The van der Waals surface area contributed by atoms with Crippen molar-refractivity contribution in [1.82, 2.24) is 4.57 Å². The van der Waals surface area contributed by atoms with Crippen LogP contribution in [0.15, 0.2) is 174 Å². The van der Waals surface area contributed by atoms with Crippen LogP contribution in [0.25, 0.3) is 27.5 Å². The molecule has 0 unspecified atom stereocenters. The molecular formula is C42H27BN2OS. The van der Waals surface area contributed by atoms with Gasteiger partial charge >= 0.3 is 0 Å². The molecule has 0 radical (unpaired) electrons. The first-order chi connectivity index (χ1) is 23.3. The maximum absolute atomic E-state index is 6.73. The Labute approximate surface area is 277 Å². The molecule has 3 nitrogen and oxygen atoms in total. The summed E-state index contributed by atoms with van der Waals surface area (Å²) in [6.07, 6.45) is 0. The molecule has 0 N–H and O–H groups in total. The first-order valence-corrected chi connectivity index (χ1v) is 16.8. The molecule has 3 heterocycles. The molecule has 0 aliphatic carbocycles. The van der Waals surface area contributed by atoms with E-state index in [1.165, 1.54) is 53.7 Å². The second-order valence-electron chi connectivity index (χ2n) is 12.1. The molecule has 0 atom stereocenters. The zero-order chi connectivity index (χ0) is 30.9. The molecule has 0 bridgehead atoms. The molecule has 2 aliphatic rings. The predicted octanol–water partition coefficient (Wildman–Crippen LogP) is 9.34. The summed E-state index contributed by atoms with van der Waals surface area (Å²) >= 11 is 1.84. The minimum atomic E-state index is 0.0917. The summed E-state index contributed by atoms with van der Waals surface area (Å²) in [6, 6.07) is 58.8. The average Bonchev–Trinajstić information content (AvgIpc) is 3.48. The summed E-state index contributed by atoms with van der Waals surface area (Å²) in [6.45, 7) is 0.0917. The highest BCUT2D eigenvalue weighted by Gasteiger charge is 2.34. The van der Waals surface area contributed by atoms with E-state index >= 15 is 0 Å². The van der Waals surface area contributed by atoms with E-state index in [0.29, 0.717) is 0 Å². The fourth-order valence-corrected chi connectivity index (χ4v) is 8.56. The van der Waals surface area contributed by atoms with Gasteiger partial charge in [-0.1, -0.05) is 126 Å². The summed E-state index contributed by atoms with van der Waals surface area (Å²) in [5.74, 6) is 1.80. The smallest absolute Gasteiger partial charge is 0.250 e. The van der Waals surface area contributed by atoms with Gasteiger partial charge in [0.15, 0.2) is 0 Å². The summed E-state index contributed by atoms with van der Waals surface area (Å²) in [5.41, 5.74) is 10.6. The second kappa shape index (κ2) is 10.4. The molecule has 10 rings (SSSR count). The van der Waals surface area contributed by atoms with Crippen LogP contribution >= 0.6 is 11.8 Å². The fourth-order valence-electron chi connectivity index (χ4n) is 7.49. The number of ether oxygens (including phenoxy) is 1. The standard InChI is InChI=1S/C42H27BN2OS/c1-3-13-28(14-4-1)43-33-18-8-11-21-37(33)46-38-27-30(23-25-34(38)43)45-36-20-10-12-22-39(36)47-40-26-24-32-31-17-7-9-19-35(31)44(41(32)42(40)45)29-15-5-2-6-16-29/h1-27H. The minimum Gasteiger partial charge on any atom is -0.458 e. The molecule has 0 fully saturated rings. The van der Waals surface area contributed by atoms with Crippen molar-refractivity contribution in [2.24, 2.45) is 0 Å². The van der Waals surface area contributed by atoms with Gasteiger partial charge in [0.25, 0.3) is 6.71 Å². The van der Waals surface area contributed by atoms with Gasteiger partial charge in [-0.05, 0) is 59.5 Å². The number of aromatic nitrogens is 1. The van der Waals surface area contributed by atoms with Crippen LogP contribution in [0.1, 0.15) is 0 Å². The molecule has 0 saturated carbocycles. The highest BCUT2D eigenvalue weighted by atomic mass is 32.2. The van der Waals surface area contributed by atoms with E-state index in [0.717, 1.165) is 28.6 Å². The number of nitrogens with zero attached hydrogens (tertiary/aromatic N) is 2. The summed E-state index contributed by atoms with van der Waals surface area (Å²) in [4.78, 5) is 4.90. The summed E-state index contributed by atoms with van der Waals surface area (Å²) < 4.78 is 9.16. The Morgan fingerprint density at radius 1 is 0.511 bits per heavy atom. The Bertz CT molecular complexity index is 2490. The van der Waals surface area contributed by atoms with Gasteiger partial charge in [0.05, 0.1) is 22.4 Å². The van der Waals surface area contributed by atoms with Gasteiger partial charge in [-0.25, -0.2) is 0 Å². The van der Waals surface area contributed by atoms with Gasteiger partial charge in [-0.2, -0.15) is 0 Å². The van der Waals surface area contributed by atoms with Gasteiger partial charge < -0.3 is 14.2 Å². The number of hydrogen-bond acceptors (Lipinski definition) is 3. The van der Waals surface area contributed by atoms with E-state index in [2.05, 4.69) is 173 Å². The third-order valence-electron chi connectivity index (χ3n) is 9.49. The lowest BCUT2D eigenvalue weighted by Gasteiger charge is -2.35. The molecule has 5 heteroatoms. The van der Waals surface area contributed by atoms with Crippen molar-refractivity contribution in [2.45, 2.75) is 9.79 Å². The molecule has 220 valence electrons. The Balaban J connectivity index is 1.25. The van der Waals surface area contributed by atoms with E-state index in [-0.39, 0.29) is 6.71 Å². The van der Waals surface area contributed by atoms with Crippen molar-refractivity contribution < 1.29 is 4.74 Å². The number of benzene rings is 7. The van der Waals surface area contributed by atoms with E-state index < -0.39 is 0 Å². The van der Waals surface area contributed by atoms with E-state index in [1.807, 2.05) is 11.8 Å². The highest BCUT2D eigenvalue weighted by Crippen LogP contribution is 2.55. The Morgan fingerprint density at radius 2 is 1.23 bits per heavy atom. The first kappa shape index (κ1) is 26.6. The van der Waals surface area contributed by atoms with Crippen LogP contribution in [-0.2, 0) is 0 Å². The molecule has 47 heavy (non-hydrogen) atoms. The summed E-state index contributed by atoms with van der Waals surface area (Å²) in [5, 5.41) is 2.48. The molecule has 0 spiro atoms. The molecule has 0 saturated heterocycles. The summed E-state index contributed by atoms with van der Waals surface area (Å²) in [7, 11) is 0. The van der Waals surface area contributed by atoms with E-state index in [9.17, 15) is 0 Å². The molecule has 2 aliphatic heterocycles. The van der Waals surface area contributed by atoms with E-state index in [4.69, 9.17) is 4.74 Å². The molecular weight excluding hydrogens is 591 g/mol. The third kappa shape index (κ3) is 4.03. The minimum absolute atomic E-state index is 0.0917. The number of rotatable bonds is 3. The first-order valence-electron chi connectivity index (χ1n) is 16.0. The SMILES string of the molecule is c1ccc(B2c3ccccc3Oc3cc(N4c5ccccc5Sc5ccc6c7ccccc7n(-c7ccccc7)c6c54)ccc32)cc1. The Morgan fingerprint density at radius 3 is 2.13 bits per heavy atom. The van der Waals surface area contributed by atoms with Crippen LogP contribution in [-0.4, -0.2) is 11.3 Å². The molecule has 0 amide bonds. The maximum atomic E-state index is 6.73.